The highest BCUT2D eigenvalue weighted by Gasteiger charge is 2.36. The second kappa shape index (κ2) is 4.86. The van der Waals surface area contributed by atoms with Crippen LogP contribution in [0.5, 0.6) is 0 Å². The number of unbranched alkanes of at least 4 members (excludes halogenated alkanes) is 3. The Kier molecular flexibility index (Phi) is 4.07. The van der Waals surface area contributed by atoms with Gasteiger partial charge >= 0.3 is 0 Å². The molecule has 72 valence electrons. The van der Waals surface area contributed by atoms with Crippen molar-refractivity contribution in [2.24, 2.45) is 17.6 Å². The third-order valence-electron chi connectivity index (χ3n) is 3.11. The van der Waals surface area contributed by atoms with Crippen LogP contribution in [-0.4, -0.2) is 6.04 Å². The summed E-state index contributed by atoms with van der Waals surface area (Å²) in [5, 5.41) is 0. The van der Waals surface area contributed by atoms with E-state index < -0.39 is 0 Å². The van der Waals surface area contributed by atoms with E-state index in [4.69, 9.17) is 5.73 Å². The van der Waals surface area contributed by atoms with Crippen molar-refractivity contribution in [2.45, 2.75) is 58.4 Å². The number of hydrogen-bond acceptors (Lipinski definition) is 1. The normalized spacial score (nSPS) is 30.2. The molecular weight excluding hydrogens is 146 g/mol. The van der Waals surface area contributed by atoms with Crippen molar-refractivity contribution in [3.8, 4) is 0 Å². The largest absolute Gasteiger partial charge is 0.327 e. The first-order valence-corrected chi connectivity index (χ1v) is 5.51. The fourth-order valence-electron chi connectivity index (χ4n) is 1.97. The minimum Gasteiger partial charge on any atom is -0.327 e. The molecule has 0 amide bonds. The van der Waals surface area contributed by atoms with Gasteiger partial charge in [0.05, 0.1) is 0 Å². The first kappa shape index (κ1) is 10.0. The SMILES string of the molecule is CCCCCCC(N)C1CC1C. The van der Waals surface area contributed by atoms with Gasteiger partial charge in [-0.25, -0.2) is 0 Å². The van der Waals surface area contributed by atoms with E-state index in [0.717, 1.165) is 11.8 Å². The Labute approximate surface area is 76.7 Å². The third kappa shape index (κ3) is 3.14. The van der Waals surface area contributed by atoms with Gasteiger partial charge in [-0.2, -0.15) is 0 Å². The summed E-state index contributed by atoms with van der Waals surface area (Å²) in [6, 6.07) is 0.511. The van der Waals surface area contributed by atoms with Crippen molar-refractivity contribution in [3.05, 3.63) is 0 Å². The van der Waals surface area contributed by atoms with Crippen LogP contribution in [0.25, 0.3) is 0 Å². The predicted molar refractivity (Wildman–Crippen MR) is 54.0 cm³/mol. The maximum absolute atomic E-state index is 6.05. The molecule has 0 heterocycles. The lowest BCUT2D eigenvalue weighted by Gasteiger charge is -2.09. The van der Waals surface area contributed by atoms with Crippen LogP contribution in [0, 0.1) is 11.8 Å². The molecule has 0 aromatic carbocycles. The first-order valence-electron chi connectivity index (χ1n) is 5.51. The highest BCUT2D eigenvalue weighted by molar-refractivity contribution is 4.90. The molecule has 1 rings (SSSR count). The lowest BCUT2D eigenvalue weighted by Crippen LogP contribution is -2.22. The number of hydrogen-bond donors (Lipinski definition) is 1. The lowest BCUT2D eigenvalue weighted by molar-refractivity contribution is 0.490. The van der Waals surface area contributed by atoms with Gasteiger partial charge in [-0.05, 0) is 24.7 Å². The number of rotatable bonds is 6. The van der Waals surface area contributed by atoms with Gasteiger partial charge in [-0.3, -0.25) is 0 Å². The van der Waals surface area contributed by atoms with Gasteiger partial charge in [-0.15, -0.1) is 0 Å². The standard InChI is InChI=1S/C11H23N/c1-3-4-5-6-7-11(12)10-8-9(10)2/h9-11H,3-8,12H2,1-2H3. The van der Waals surface area contributed by atoms with E-state index in [9.17, 15) is 0 Å². The molecule has 1 aliphatic carbocycles. The van der Waals surface area contributed by atoms with E-state index in [1.807, 2.05) is 0 Å². The van der Waals surface area contributed by atoms with Crippen molar-refractivity contribution in [1.82, 2.24) is 0 Å². The Hall–Kier alpha value is -0.0400. The second-order valence-corrected chi connectivity index (χ2v) is 4.39. The zero-order chi connectivity index (χ0) is 8.97. The van der Waals surface area contributed by atoms with Crippen molar-refractivity contribution in [3.63, 3.8) is 0 Å². The average Bonchev–Trinajstić information content (AvgIpc) is 2.76. The van der Waals surface area contributed by atoms with Crippen molar-refractivity contribution in [1.29, 1.82) is 0 Å². The van der Waals surface area contributed by atoms with Crippen LogP contribution in [0.1, 0.15) is 52.4 Å². The van der Waals surface area contributed by atoms with Crippen LogP contribution < -0.4 is 5.73 Å². The summed E-state index contributed by atoms with van der Waals surface area (Å²) in [5.41, 5.74) is 6.05. The number of nitrogens with two attached hydrogens (primary N) is 1. The average molecular weight is 169 g/mol. The summed E-state index contributed by atoms with van der Waals surface area (Å²) in [4.78, 5) is 0. The molecule has 2 N–H and O–H groups in total. The molecule has 0 aromatic rings. The summed E-state index contributed by atoms with van der Waals surface area (Å²) in [7, 11) is 0. The Morgan fingerprint density at radius 1 is 1.33 bits per heavy atom. The van der Waals surface area contributed by atoms with E-state index in [1.54, 1.807) is 0 Å². The molecule has 1 aliphatic rings. The monoisotopic (exact) mass is 169 g/mol. The Morgan fingerprint density at radius 2 is 2.00 bits per heavy atom. The molecule has 3 unspecified atom stereocenters. The quantitative estimate of drug-likeness (QED) is 0.608. The van der Waals surface area contributed by atoms with Gasteiger partial charge in [0.25, 0.3) is 0 Å². The highest BCUT2D eigenvalue weighted by Crippen LogP contribution is 2.41. The van der Waals surface area contributed by atoms with E-state index in [0.29, 0.717) is 6.04 Å². The van der Waals surface area contributed by atoms with E-state index in [-0.39, 0.29) is 0 Å². The first-order chi connectivity index (χ1) is 5.75. The second-order valence-electron chi connectivity index (χ2n) is 4.39. The van der Waals surface area contributed by atoms with E-state index in [1.165, 1.54) is 38.5 Å². The van der Waals surface area contributed by atoms with Gasteiger partial charge in [0, 0.05) is 6.04 Å². The smallest absolute Gasteiger partial charge is 0.00698 e. The lowest BCUT2D eigenvalue weighted by atomic mass is 10.0. The molecule has 0 aliphatic heterocycles. The van der Waals surface area contributed by atoms with Gasteiger partial charge in [-0.1, -0.05) is 39.5 Å². The topological polar surface area (TPSA) is 26.0 Å². The van der Waals surface area contributed by atoms with Crippen molar-refractivity contribution < 1.29 is 0 Å². The summed E-state index contributed by atoms with van der Waals surface area (Å²) in [6.45, 7) is 4.57. The third-order valence-corrected chi connectivity index (χ3v) is 3.11. The van der Waals surface area contributed by atoms with Gasteiger partial charge in [0.15, 0.2) is 0 Å². The molecule has 0 saturated heterocycles. The zero-order valence-corrected chi connectivity index (χ0v) is 8.55. The zero-order valence-electron chi connectivity index (χ0n) is 8.55. The van der Waals surface area contributed by atoms with Crippen molar-refractivity contribution >= 4 is 0 Å². The summed E-state index contributed by atoms with van der Waals surface area (Å²) in [5.74, 6) is 1.79. The molecule has 12 heavy (non-hydrogen) atoms. The molecule has 1 saturated carbocycles. The van der Waals surface area contributed by atoms with Crippen LogP contribution in [0.4, 0.5) is 0 Å². The Bertz CT molecular complexity index is 122. The van der Waals surface area contributed by atoms with Crippen LogP contribution in [0.3, 0.4) is 0 Å². The molecule has 1 nitrogen and oxygen atoms in total. The molecule has 0 bridgehead atoms. The molecule has 1 heteroatoms. The van der Waals surface area contributed by atoms with Gasteiger partial charge < -0.3 is 5.73 Å². The molecule has 3 atom stereocenters. The van der Waals surface area contributed by atoms with Crippen molar-refractivity contribution in [2.75, 3.05) is 0 Å². The van der Waals surface area contributed by atoms with Crippen LogP contribution in [0.2, 0.25) is 0 Å². The summed E-state index contributed by atoms with van der Waals surface area (Å²) in [6.07, 6.45) is 8.08. The Balaban J connectivity index is 1.92. The maximum atomic E-state index is 6.05. The molecule has 0 spiro atoms. The highest BCUT2D eigenvalue weighted by atomic mass is 14.7. The molecule has 0 radical (unpaired) electrons. The molecular formula is C11H23N. The summed E-state index contributed by atoms with van der Waals surface area (Å²) >= 11 is 0. The fraction of sp³-hybridized carbons (Fsp3) is 1.00. The minimum atomic E-state index is 0.511. The van der Waals surface area contributed by atoms with Crippen LogP contribution in [-0.2, 0) is 0 Å². The van der Waals surface area contributed by atoms with Gasteiger partial charge in [0.1, 0.15) is 0 Å². The Morgan fingerprint density at radius 3 is 2.50 bits per heavy atom. The van der Waals surface area contributed by atoms with Crippen LogP contribution >= 0.6 is 0 Å². The summed E-state index contributed by atoms with van der Waals surface area (Å²) < 4.78 is 0. The van der Waals surface area contributed by atoms with E-state index >= 15 is 0 Å². The molecule has 1 fully saturated rings. The fourth-order valence-corrected chi connectivity index (χ4v) is 1.97. The van der Waals surface area contributed by atoms with Gasteiger partial charge in [0.2, 0.25) is 0 Å². The maximum Gasteiger partial charge on any atom is 0.00698 e. The molecule has 0 aromatic heterocycles. The van der Waals surface area contributed by atoms with Crippen LogP contribution in [0.15, 0.2) is 0 Å². The van der Waals surface area contributed by atoms with E-state index in [2.05, 4.69) is 13.8 Å². The predicted octanol–water partition coefficient (Wildman–Crippen LogP) is 2.94. The minimum absolute atomic E-state index is 0.511.